The van der Waals surface area contributed by atoms with E-state index in [1.165, 1.54) is 0 Å². The fourth-order valence-electron chi connectivity index (χ4n) is 1.79. The number of nitrogens with one attached hydrogen (secondary N) is 1. The molecule has 1 N–H and O–H groups in total. The number of nitrogens with zero attached hydrogens (tertiary/aromatic N) is 3. The Labute approximate surface area is 115 Å². The van der Waals surface area contributed by atoms with Gasteiger partial charge in [0.05, 0.1) is 0 Å². The summed E-state index contributed by atoms with van der Waals surface area (Å²) in [6, 6.07) is 3.56. The Hall–Kier alpha value is -1.62. The van der Waals surface area contributed by atoms with E-state index in [0.717, 1.165) is 31.9 Å². The van der Waals surface area contributed by atoms with Gasteiger partial charge in [-0.3, -0.25) is 4.79 Å². The topological polar surface area (TPSA) is 48.5 Å². The second kappa shape index (κ2) is 7.74. The summed E-state index contributed by atoms with van der Waals surface area (Å²) in [7, 11) is 5.83. The lowest BCUT2D eigenvalue weighted by molar-refractivity contribution is 0.0745. The van der Waals surface area contributed by atoms with Crippen molar-refractivity contribution in [2.45, 2.75) is 13.3 Å². The number of anilines is 1. The van der Waals surface area contributed by atoms with E-state index in [4.69, 9.17) is 0 Å². The van der Waals surface area contributed by atoms with Crippen LogP contribution in [0.4, 0.5) is 5.82 Å². The number of hydrogen-bond acceptors (Lipinski definition) is 4. The molecule has 0 aromatic carbocycles. The molecule has 0 fully saturated rings. The molecule has 1 aromatic heterocycles. The SMILES string of the molecule is CCCN(CCN(C)C)C(=O)c1ccnc(NC)c1. The van der Waals surface area contributed by atoms with Crippen molar-refractivity contribution in [3.8, 4) is 0 Å². The summed E-state index contributed by atoms with van der Waals surface area (Å²) in [5.74, 6) is 0.789. The third kappa shape index (κ3) is 4.87. The van der Waals surface area contributed by atoms with Crippen LogP contribution < -0.4 is 5.32 Å². The first-order valence-corrected chi connectivity index (χ1v) is 6.66. The van der Waals surface area contributed by atoms with Crippen LogP contribution in [-0.4, -0.2) is 61.5 Å². The van der Waals surface area contributed by atoms with Gasteiger partial charge in [-0.2, -0.15) is 0 Å². The largest absolute Gasteiger partial charge is 0.373 e. The van der Waals surface area contributed by atoms with E-state index in [9.17, 15) is 4.79 Å². The number of carbonyl (C=O) groups excluding carboxylic acids is 1. The Morgan fingerprint density at radius 3 is 2.63 bits per heavy atom. The predicted molar refractivity (Wildman–Crippen MR) is 78.5 cm³/mol. The smallest absolute Gasteiger partial charge is 0.254 e. The van der Waals surface area contributed by atoms with Gasteiger partial charge in [-0.1, -0.05) is 6.92 Å². The van der Waals surface area contributed by atoms with Crippen molar-refractivity contribution in [1.82, 2.24) is 14.8 Å². The molecule has 5 heteroatoms. The van der Waals surface area contributed by atoms with Gasteiger partial charge in [-0.25, -0.2) is 4.98 Å². The molecule has 0 radical (unpaired) electrons. The highest BCUT2D eigenvalue weighted by Crippen LogP contribution is 2.09. The van der Waals surface area contributed by atoms with E-state index in [2.05, 4.69) is 22.1 Å². The molecular weight excluding hydrogens is 240 g/mol. The van der Waals surface area contributed by atoms with E-state index in [0.29, 0.717) is 5.56 Å². The van der Waals surface area contributed by atoms with Gasteiger partial charge in [-0.05, 0) is 32.6 Å². The van der Waals surface area contributed by atoms with Gasteiger partial charge in [0.15, 0.2) is 0 Å². The molecular formula is C14H24N4O. The zero-order valence-electron chi connectivity index (χ0n) is 12.3. The Bertz CT molecular complexity index is 406. The summed E-state index contributed by atoms with van der Waals surface area (Å²) < 4.78 is 0. The molecule has 1 amide bonds. The number of amides is 1. The van der Waals surface area contributed by atoms with Crippen LogP contribution in [-0.2, 0) is 0 Å². The number of carbonyl (C=O) groups is 1. The first-order valence-electron chi connectivity index (χ1n) is 6.66. The number of aromatic nitrogens is 1. The van der Waals surface area contributed by atoms with E-state index in [1.54, 1.807) is 25.4 Å². The quantitative estimate of drug-likeness (QED) is 0.811. The van der Waals surface area contributed by atoms with Gasteiger partial charge in [0.25, 0.3) is 5.91 Å². The van der Waals surface area contributed by atoms with Crippen LogP contribution in [0.2, 0.25) is 0 Å². The molecule has 1 heterocycles. The molecule has 5 nitrogen and oxygen atoms in total. The predicted octanol–water partition coefficient (Wildman–Crippen LogP) is 1.54. The lowest BCUT2D eigenvalue weighted by Crippen LogP contribution is -2.37. The molecule has 0 bridgehead atoms. The second-order valence-corrected chi connectivity index (χ2v) is 4.78. The Morgan fingerprint density at radius 1 is 1.32 bits per heavy atom. The molecule has 1 rings (SSSR count). The van der Waals surface area contributed by atoms with Crippen LogP contribution in [0.15, 0.2) is 18.3 Å². The van der Waals surface area contributed by atoms with Crippen molar-refractivity contribution in [3.63, 3.8) is 0 Å². The lowest BCUT2D eigenvalue weighted by atomic mass is 10.2. The standard InChI is InChI=1S/C14H24N4O/c1-5-8-18(10-9-17(3)4)14(19)12-6-7-16-13(11-12)15-2/h6-7,11H,5,8-10H2,1-4H3,(H,15,16). The molecule has 0 aliphatic heterocycles. The highest BCUT2D eigenvalue weighted by molar-refractivity contribution is 5.94. The summed E-state index contributed by atoms with van der Waals surface area (Å²) in [5.41, 5.74) is 0.687. The normalized spacial score (nSPS) is 10.6. The highest BCUT2D eigenvalue weighted by atomic mass is 16.2. The monoisotopic (exact) mass is 264 g/mol. The van der Waals surface area contributed by atoms with Gasteiger partial charge < -0.3 is 15.1 Å². The average molecular weight is 264 g/mol. The molecule has 0 aliphatic rings. The molecule has 0 aliphatic carbocycles. The molecule has 0 atom stereocenters. The molecule has 106 valence electrons. The number of likely N-dealkylation sites (N-methyl/N-ethyl adjacent to an activating group) is 1. The molecule has 1 aromatic rings. The molecule has 19 heavy (non-hydrogen) atoms. The third-order valence-corrected chi connectivity index (χ3v) is 2.86. The van der Waals surface area contributed by atoms with Crippen LogP contribution in [0.25, 0.3) is 0 Å². The maximum absolute atomic E-state index is 12.5. The molecule has 0 saturated carbocycles. The van der Waals surface area contributed by atoms with Gasteiger partial charge >= 0.3 is 0 Å². The van der Waals surface area contributed by atoms with Gasteiger partial charge in [-0.15, -0.1) is 0 Å². The van der Waals surface area contributed by atoms with E-state index in [-0.39, 0.29) is 5.91 Å². The number of hydrogen-bond donors (Lipinski definition) is 1. The van der Waals surface area contributed by atoms with Crippen molar-refractivity contribution >= 4 is 11.7 Å². The first kappa shape index (κ1) is 15.4. The van der Waals surface area contributed by atoms with E-state index in [1.807, 2.05) is 19.0 Å². The number of pyridine rings is 1. The van der Waals surface area contributed by atoms with Crippen molar-refractivity contribution in [2.24, 2.45) is 0 Å². The lowest BCUT2D eigenvalue weighted by Gasteiger charge is -2.24. The van der Waals surface area contributed by atoms with Crippen LogP contribution in [0.3, 0.4) is 0 Å². The molecule has 0 spiro atoms. The minimum absolute atomic E-state index is 0.0719. The van der Waals surface area contributed by atoms with E-state index < -0.39 is 0 Å². The van der Waals surface area contributed by atoms with Crippen molar-refractivity contribution in [3.05, 3.63) is 23.9 Å². The summed E-state index contributed by atoms with van der Waals surface area (Å²) in [6.07, 6.45) is 2.62. The Morgan fingerprint density at radius 2 is 2.05 bits per heavy atom. The molecule has 0 unspecified atom stereocenters. The van der Waals surface area contributed by atoms with Crippen LogP contribution in [0, 0.1) is 0 Å². The average Bonchev–Trinajstić information content (AvgIpc) is 2.42. The van der Waals surface area contributed by atoms with Crippen molar-refractivity contribution in [2.75, 3.05) is 46.1 Å². The maximum atomic E-state index is 12.5. The van der Waals surface area contributed by atoms with Crippen LogP contribution in [0.1, 0.15) is 23.7 Å². The summed E-state index contributed by atoms with van der Waals surface area (Å²) in [4.78, 5) is 20.6. The summed E-state index contributed by atoms with van der Waals surface area (Å²) in [5, 5.41) is 2.95. The molecule has 0 saturated heterocycles. The van der Waals surface area contributed by atoms with E-state index >= 15 is 0 Å². The van der Waals surface area contributed by atoms with Gasteiger partial charge in [0.2, 0.25) is 0 Å². The van der Waals surface area contributed by atoms with Gasteiger partial charge in [0, 0.05) is 38.4 Å². The second-order valence-electron chi connectivity index (χ2n) is 4.78. The maximum Gasteiger partial charge on any atom is 0.254 e. The van der Waals surface area contributed by atoms with Crippen LogP contribution >= 0.6 is 0 Å². The zero-order valence-corrected chi connectivity index (χ0v) is 12.3. The minimum atomic E-state index is 0.0719. The highest BCUT2D eigenvalue weighted by Gasteiger charge is 2.15. The summed E-state index contributed by atoms with van der Waals surface area (Å²) in [6.45, 7) is 4.48. The first-order chi connectivity index (χ1) is 9.08. The third-order valence-electron chi connectivity index (χ3n) is 2.86. The van der Waals surface area contributed by atoms with Gasteiger partial charge in [0.1, 0.15) is 5.82 Å². The number of rotatable bonds is 7. The zero-order chi connectivity index (χ0) is 14.3. The Kier molecular flexibility index (Phi) is 6.29. The minimum Gasteiger partial charge on any atom is -0.373 e. The fraction of sp³-hybridized carbons (Fsp3) is 0.571. The van der Waals surface area contributed by atoms with Crippen LogP contribution in [0.5, 0.6) is 0 Å². The Balaban J connectivity index is 2.79. The van der Waals surface area contributed by atoms with Crippen molar-refractivity contribution in [1.29, 1.82) is 0 Å². The van der Waals surface area contributed by atoms with Crippen molar-refractivity contribution < 1.29 is 4.79 Å². The summed E-state index contributed by atoms with van der Waals surface area (Å²) >= 11 is 0. The fourth-order valence-corrected chi connectivity index (χ4v) is 1.79.